The molecule has 4 rings (SSSR count). The van der Waals surface area contributed by atoms with E-state index < -0.39 is 0 Å². The number of allylic oxidation sites excluding steroid dienone is 3. The Kier molecular flexibility index (Phi) is 6.01. The molecule has 2 aliphatic heterocycles. The smallest absolute Gasteiger partial charge is 0.227 e. The van der Waals surface area contributed by atoms with Crippen LogP contribution >= 0.6 is 0 Å². The van der Waals surface area contributed by atoms with Gasteiger partial charge in [0.15, 0.2) is 0 Å². The summed E-state index contributed by atoms with van der Waals surface area (Å²) in [5.41, 5.74) is 3.20. The van der Waals surface area contributed by atoms with E-state index in [0.717, 1.165) is 54.8 Å². The van der Waals surface area contributed by atoms with Crippen molar-refractivity contribution in [3.8, 4) is 5.75 Å². The fraction of sp³-hybridized carbons (Fsp3) is 0.522. The lowest BCUT2D eigenvalue weighted by Gasteiger charge is -2.38. The van der Waals surface area contributed by atoms with Crippen molar-refractivity contribution >= 4 is 11.6 Å². The van der Waals surface area contributed by atoms with Crippen molar-refractivity contribution in [3.63, 3.8) is 0 Å². The molecule has 156 valence electrons. The lowest BCUT2D eigenvalue weighted by Crippen LogP contribution is -2.55. The molecule has 6 heteroatoms. The number of carbonyl (C=O) groups is 1. The lowest BCUT2D eigenvalue weighted by molar-refractivity contribution is -0.118. The highest BCUT2D eigenvalue weighted by atomic mass is 19.1. The molecule has 2 heterocycles. The Morgan fingerprint density at radius 3 is 2.97 bits per heavy atom. The Morgan fingerprint density at radius 2 is 2.21 bits per heavy atom. The van der Waals surface area contributed by atoms with E-state index in [4.69, 9.17) is 4.74 Å². The maximum atomic E-state index is 13.4. The molecule has 1 aromatic carbocycles. The molecule has 0 saturated carbocycles. The topological polar surface area (TPSA) is 53.6 Å². The molecule has 2 unspecified atom stereocenters. The minimum Gasteiger partial charge on any atom is -0.496 e. The number of piperidine rings is 1. The van der Waals surface area contributed by atoms with Gasteiger partial charge >= 0.3 is 0 Å². The molecule has 0 bridgehead atoms. The predicted molar refractivity (Wildman–Crippen MR) is 113 cm³/mol. The summed E-state index contributed by atoms with van der Waals surface area (Å²) in [6.07, 6.45) is 9.49. The van der Waals surface area contributed by atoms with Crippen LogP contribution in [-0.4, -0.2) is 38.7 Å². The summed E-state index contributed by atoms with van der Waals surface area (Å²) >= 11 is 0. The molecule has 1 aliphatic carbocycles. The van der Waals surface area contributed by atoms with Gasteiger partial charge in [-0.3, -0.25) is 4.79 Å². The Hall–Kier alpha value is -2.18. The number of hydrogen-bond donors (Lipinski definition) is 2. The van der Waals surface area contributed by atoms with Gasteiger partial charge in [-0.2, -0.15) is 0 Å². The minimum atomic E-state index is -0.140. The molecular weight excluding hydrogens is 369 g/mol. The van der Waals surface area contributed by atoms with Gasteiger partial charge in [-0.25, -0.2) is 4.39 Å². The van der Waals surface area contributed by atoms with Gasteiger partial charge in [0.05, 0.1) is 7.11 Å². The number of amides is 1. The van der Waals surface area contributed by atoms with Crippen molar-refractivity contribution in [2.45, 2.75) is 50.7 Å². The third kappa shape index (κ3) is 4.23. The average molecular weight is 400 g/mol. The van der Waals surface area contributed by atoms with Crippen LogP contribution in [0.15, 0.2) is 36.2 Å². The van der Waals surface area contributed by atoms with E-state index in [2.05, 4.69) is 22.8 Å². The molecule has 0 radical (unpaired) electrons. The zero-order valence-electron chi connectivity index (χ0n) is 17.2. The summed E-state index contributed by atoms with van der Waals surface area (Å²) in [6.45, 7) is 1.66. The largest absolute Gasteiger partial charge is 0.496 e. The molecule has 1 aromatic rings. The van der Waals surface area contributed by atoms with E-state index in [0.29, 0.717) is 24.9 Å². The maximum absolute atomic E-state index is 13.4. The van der Waals surface area contributed by atoms with Gasteiger partial charge in [-0.15, -0.1) is 0 Å². The first-order valence-corrected chi connectivity index (χ1v) is 10.5. The Morgan fingerprint density at radius 1 is 1.34 bits per heavy atom. The highest BCUT2D eigenvalue weighted by Gasteiger charge is 2.31. The molecule has 29 heavy (non-hydrogen) atoms. The van der Waals surface area contributed by atoms with Gasteiger partial charge in [0, 0.05) is 43.3 Å². The molecule has 0 spiro atoms. The molecule has 1 saturated heterocycles. The molecule has 3 aliphatic rings. The Labute approximate surface area is 172 Å². The van der Waals surface area contributed by atoms with Crippen LogP contribution in [0, 0.1) is 5.92 Å². The number of carbonyl (C=O) groups excluding carboxylic acids is 1. The van der Waals surface area contributed by atoms with Gasteiger partial charge in [-0.1, -0.05) is 6.08 Å². The van der Waals surface area contributed by atoms with Crippen LogP contribution in [0.5, 0.6) is 5.75 Å². The maximum Gasteiger partial charge on any atom is 0.227 e. The number of benzene rings is 1. The highest BCUT2D eigenvalue weighted by Crippen LogP contribution is 2.34. The first kappa shape index (κ1) is 20.1. The van der Waals surface area contributed by atoms with Crippen molar-refractivity contribution in [3.05, 3.63) is 47.3 Å². The van der Waals surface area contributed by atoms with E-state index >= 15 is 0 Å². The number of rotatable bonds is 5. The molecule has 1 amide bonds. The summed E-state index contributed by atoms with van der Waals surface area (Å²) in [5.74, 6) is 1.17. The number of halogens is 1. The molecule has 3 atom stereocenters. The standard InChI is InChI=1S/C23H30FN3O2/c1-27-20-12-17(21(29-2)13-16(20)7-10-22(27)28)14-26-19-4-3-11-25-23(19)15-5-8-18(24)9-6-15/h5,8-9,12-13,15,19,23,25-26H,3-4,6-7,10-11,14H2,1-2H3/t15?,19?,23-/m0/s1. The van der Waals surface area contributed by atoms with Crippen LogP contribution in [0.3, 0.4) is 0 Å². The van der Waals surface area contributed by atoms with Crippen LogP contribution < -0.4 is 20.3 Å². The van der Waals surface area contributed by atoms with E-state index in [1.54, 1.807) is 24.2 Å². The first-order valence-electron chi connectivity index (χ1n) is 10.5. The first-order chi connectivity index (χ1) is 14.1. The number of anilines is 1. The van der Waals surface area contributed by atoms with E-state index in [9.17, 15) is 9.18 Å². The fourth-order valence-corrected chi connectivity index (χ4v) is 4.75. The summed E-state index contributed by atoms with van der Waals surface area (Å²) < 4.78 is 19.0. The summed E-state index contributed by atoms with van der Waals surface area (Å²) in [4.78, 5) is 13.9. The third-order valence-electron chi connectivity index (χ3n) is 6.43. The zero-order valence-corrected chi connectivity index (χ0v) is 17.2. The van der Waals surface area contributed by atoms with Gasteiger partial charge in [0.25, 0.3) is 0 Å². The van der Waals surface area contributed by atoms with Crippen LogP contribution in [0.2, 0.25) is 0 Å². The van der Waals surface area contributed by atoms with Crippen LogP contribution in [0.25, 0.3) is 0 Å². The molecule has 5 nitrogen and oxygen atoms in total. The number of nitrogens with one attached hydrogen (secondary N) is 2. The Balaban J connectivity index is 1.50. The number of fused-ring (bicyclic) bond motifs is 1. The normalized spacial score (nSPS) is 26.9. The van der Waals surface area contributed by atoms with E-state index in [1.165, 1.54) is 0 Å². The minimum absolute atomic E-state index is 0.140. The second-order valence-electron chi connectivity index (χ2n) is 8.20. The molecular formula is C23H30FN3O2. The summed E-state index contributed by atoms with van der Waals surface area (Å²) in [7, 11) is 3.54. The number of aryl methyl sites for hydroxylation is 1. The zero-order chi connectivity index (χ0) is 20.4. The van der Waals surface area contributed by atoms with Crippen LogP contribution in [0.4, 0.5) is 10.1 Å². The van der Waals surface area contributed by atoms with E-state index in [-0.39, 0.29) is 17.8 Å². The molecule has 1 fully saturated rings. The average Bonchev–Trinajstić information content (AvgIpc) is 2.75. The summed E-state index contributed by atoms with van der Waals surface area (Å²) in [6, 6.07) is 4.73. The van der Waals surface area contributed by atoms with Crippen molar-refractivity contribution in [2.75, 3.05) is 25.6 Å². The molecule has 2 N–H and O–H groups in total. The number of nitrogens with zero attached hydrogens (tertiary/aromatic N) is 1. The number of hydrogen-bond acceptors (Lipinski definition) is 4. The van der Waals surface area contributed by atoms with Crippen molar-refractivity contribution < 1.29 is 13.9 Å². The lowest BCUT2D eigenvalue weighted by atomic mass is 9.84. The number of methoxy groups -OCH3 is 1. The quantitative estimate of drug-likeness (QED) is 0.798. The van der Waals surface area contributed by atoms with Crippen LogP contribution in [-0.2, 0) is 17.8 Å². The van der Waals surface area contributed by atoms with Gasteiger partial charge in [-0.05, 0) is 68.0 Å². The highest BCUT2D eigenvalue weighted by molar-refractivity contribution is 5.96. The van der Waals surface area contributed by atoms with E-state index in [1.807, 2.05) is 13.1 Å². The second kappa shape index (κ2) is 8.67. The van der Waals surface area contributed by atoms with Crippen molar-refractivity contribution in [1.29, 1.82) is 0 Å². The Bertz CT molecular complexity index is 836. The fourth-order valence-electron chi connectivity index (χ4n) is 4.75. The van der Waals surface area contributed by atoms with Crippen molar-refractivity contribution in [2.24, 2.45) is 5.92 Å². The predicted octanol–water partition coefficient (Wildman–Crippen LogP) is 3.24. The second-order valence-corrected chi connectivity index (χ2v) is 8.20. The van der Waals surface area contributed by atoms with Crippen LogP contribution in [0.1, 0.15) is 36.8 Å². The third-order valence-corrected chi connectivity index (χ3v) is 6.43. The SMILES string of the molecule is COc1cc2c(cc1CNC1CCCN[C@H]1C1C=CC(F)=CC1)N(C)C(=O)CC2. The van der Waals surface area contributed by atoms with Gasteiger partial charge in [0.2, 0.25) is 5.91 Å². The van der Waals surface area contributed by atoms with Gasteiger partial charge < -0.3 is 20.3 Å². The monoisotopic (exact) mass is 399 g/mol. The summed E-state index contributed by atoms with van der Waals surface area (Å²) in [5, 5.41) is 7.34. The molecule has 0 aromatic heterocycles. The van der Waals surface area contributed by atoms with Gasteiger partial charge in [0.1, 0.15) is 11.6 Å². The van der Waals surface area contributed by atoms with Crippen molar-refractivity contribution in [1.82, 2.24) is 10.6 Å². The number of ether oxygens (including phenoxy) is 1.